The monoisotopic (exact) mass is 272 g/mol. The lowest BCUT2D eigenvalue weighted by atomic mass is 10.1. The Labute approximate surface area is 117 Å². The zero-order chi connectivity index (χ0) is 14.7. The maximum absolute atomic E-state index is 10.8. The van der Waals surface area contributed by atoms with E-state index in [1.165, 1.54) is 6.07 Å². The number of nitro groups is 1. The van der Waals surface area contributed by atoms with Gasteiger partial charge in [0.15, 0.2) is 0 Å². The molecule has 1 atom stereocenters. The minimum atomic E-state index is -0.408. The van der Waals surface area contributed by atoms with Crippen LogP contribution in [0.4, 0.5) is 5.69 Å². The molecule has 0 aliphatic heterocycles. The molecular formula is C15H16N2O3. The summed E-state index contributed by atoms with van der Waals surface area (Å²) >= 11 is 0. The summed E-state index contributed by atoms with van der Waals surface area (Å²) < 4.78 is 5.78. The van der Waals surface area contributed by atoms with E-state index in [2.05, 4.69) is 0 Å². The van der Waals surface area contributed by atoms with Crippen molar-refractivity contribution in [1.29, 1.82) is 0 Å². The van der Waals surface area contributed by atoms with E-state index in [1.54, 1.807) is 19.1 Å². The number of para-hydroxylation sites is 1. The van der Waals surface area contributed by atoms with E-state index in [4.69, 9.17) is 10.5 Å². The minimum absolute atomic E-state index is 0.0813. The Bertz CT molecular complexity index is 639. The van der Waals surface area contributed by atoms with Crippen LogP contribution in [0.15, 0.2) is 42.5 Å². The van der Waals surface area contributed by atoms with Crippen LogP contribution in [0.1, 0.15) is 24.1 Å². The molecule has 104 valence electrons. The van der Waals surface area contributed by atoms with E-state index in [9.17, 15) is 10.1 Å². The first kappa shape index (κ1) is 14.0. The fourth-order valence-electron chi connectivity index (χ4n) is 1.97. The second-order valence-electron chi connectivity index (χ2n) is 4.63. The summed E-state index contributed by atoms with van der Waals surface area (Å²) in [5.74, 6) is 1.22. The Morgan fingerprint density at radius 2 is 1.95 bits per heavy atom. The number of ether oxygens (including phenoxy) is 1. The van der Waals surface area contributed by atoms with Gasteiger partial charge in [0.05, 0.1) is 4.92 Å². The van der Waals surface area contributed by atoms with Crippen LogP contribution in [0.5, 0.6) is 11.5 Å². The van der Waals surface area contributed by atoms with Crippen molar-refractivity contribution in [2.24, 2.45) is 5.73 Å². The van der Waals surface area contributed by atoms with E-state index in [-0.39, 0.29) is 11.7 Å². The fourth-order valence-corrected chi connectivity index (χ4v) is 1.97. The highest BCUT2D eigenvalue weighted by atomic mass is 16.6. The highest BCUT2D eigenvalue weighted by Gasteiger charge is 2.12. The highest BCUT2D eigenvalue weighted by Crippen LogP contribution is 2.31. The summed E-state index contributed by atoms with van der Waals surface area (Å²) in [5.41, 5.74) is 7.43. The molecule has 0 fully saturated rings. The van der Waals surface area contributed by atoms with Crippen LogP contribution < -0.4 is 10.5 Å². The van der Waals surface area contributed by atoms with Crippen molar-refractivity contribution < 1.29 is 9.66 Å². The number of rotatable bonds is 4. The van der Waals surface area contributed by atoms with Gasteiger partial charge in [-0.3, -0.25) is 10.1 Å². The zero-order valence-electron chi connectivity index (χ0n) is 11.4. The Balaban J connectivity index is 2.31. The molecule has 2 aromatic rings. The normalized spacial score (nSPS) is 11.9. The van der Waals surface area contributed by atoms with Gasteiger partial charge in [-0.1, -0.05) is 18.2 Å². The standard InChI is InChI=1S/C15H16N2O3/c1-10-9-12(7-8-14(10)17(18)19)20-15-6-4-3-5-13(15)11(2)16/h3-9,11H,16H2,1-2H3. The van der Waals surface area contributed by atoms with Gasteiger partial charge in [0.1, 0.15) is 11.5 Å². The first-order valence-electron chi connectivity index (χ1n) is 6.26. The number of hydrogen-bond acceptors (Lipinski definition) is 4. The lowest BCUT2D eigenvalue weighted by Crippen LogP contribution is -2.06. The predicted molar refractivity (Wildman–Crippen MR) is 77.0 cm³/mol. The number of nitrogens with two attached hydrogens (primary N) is 1. The first-order chi connectivity index (χ1) is 9.49. The maximum atomic E-state index is 10.8. The molecule has 0 heterocycles. The van der Waals surface area contributed by atoms with Crippen molar-refractivity contribution in [2.75, 3.05) is 0 Å². The summed E-state index contributed by atoms with van der Waals surface area (Å²) in [6, 6.07) is 12.0. The average Bonchev–Trinajstić information content (AvgIpc) is 2.38. The summed E-state index contributed by atoms with van der Waals surface area (Å²) in [4.78, 5) is 10.4. The summed E-state index contributed by atoms with van der Waals surface area (Å²) in [7, 11) is 0. The maximum Gasteiger partial charge on any atom is 0.272 e. The van der Waals surface area contributed by atoms with Crippen LogP contribution in [0.3, 0.4) is 0 Å². The molecule has 0 aromatic heterocycles. The van der Waals surface area contributed by atoms with Crippen molar-refractivity contribution in [1.82, 2.24) is 0 Å². The van der Waals surface area contributed by atoms with Gasteiger partial charge < -0.3 is 10.5 Å². The molecule has 2 N–H and O–H groups in total. The van der Waals surface area contributed by atoms with E-state index in [1.807, 2.05) is 31.2 Å². The third kappa shape index (κ3) is 2.95. The average molecular weight is 272 g/mol. The van der Waals surface area contributed by atoms with Gasteiger partial charge in [-0.2, -0.15) is 0 Å². The minimum Gasteiger partial charge on any atom is -0.457 e. The van der Waals surface area contributed by atoms with Gasteiger partial charge in [0, 0.05) is 23.2 Å². The van der Waals surface area contributed by atoms with Crippen molar-refractivity contribution >= 4 is 5.69 Å². The van der Waals surface area contributed by atoms with Crippen LogP contribution in [-0.4, -0.2) is 4.92 Å². The van der Waals surface area contributed by atoms with Crippen molar-refractivity contribution in [2.45, 2.75) is 19.9 Å². The first-order valence-corrected chi connectivity index (χ1v) is 6.26. The predicted octanol–water partition coefficient (Wildman–Crippen LogP) is 3.72. The molecule has 1 unspecified atom stereocenters. The Morgan fingerprint density at radius 1 is 1.25 bits per heavy atom. The van der Waals surface area contributed by atoms with E-state index in [0.717, 1.165) is 5.56 Å². The van der Waals surface area contributed by atoms with Gasteiger partial charge in [0.2, 0.25) is 0 Å². The van der Waals surface area contributed by atoms with Crippen LogP contribution in [0, 0.1) is 17.0 Å². The summed E-state index contributed by atoms with van der Waals surface area (Å²) in [6.45, 7) is 3.56. The van der Waals surface area contributed by atoms with Crippen LogP contribution in [0.25, 0.3) is 0 Å². The van der Waals surface area contributed by atoms with Crippen molar-refractivity contribution in [3.63, 3.8) is 0 Å². The summed E-state index contributed by atoms with van der Waals surface area (Å²) in [6.07, 6.45) is 0. The van der Waals surface area contributed by atoms with Crippen molar-refractivity contribution in [3.05, 3.63) is 63.7 Å². The molecule has 5 nitrogen and oxygen atoms in total. The van der Waals surface area contributed by atoms with Crippen LogP contribution in [-0.2, 0) is 0 Å². The molecule has 2 aromatic carbocycles. The molecule has 20 heavy (non-hydrogen) atoms. The highest BCUT2D eigenvalue weighted by molar-refractivity contribution is 5.46. The Hall–Kier alpha value is -2.40. The van der Waals surface area contributed by atoms with Gasteiger partial charge in [0.25, 0.3) is 5.69 Å². The van der Waals surface area contributed by atoms with Gasteiger partial charge >= 0.3 is 0 Å². The Kier molecular flexibility index (Phi) is 4.00. The molecule has 0 saturated carbocycles. The third-order valence-electron chi connectivity index (χ3n) is 3.00. The molecule has 0 amide bonds. The molecule has 0 bridgehead atoms. The third-order valence-corrected chi connectivity index (χ3v) is 3.00. The van der Waals surface area contributed by atoms with Crippen LogP contribution in [0.2, 0.25) is 0 Å². The molecule has 5 heteroatoms. The number of aryl methyl sites for hydroxylation is 1. The molecule has 2 rings (SSSR count). The summed E-state index contributed by atoms with van der Waals surface area (Å²) in [5, 5.41) is 10.8. The van der Waals surface area contributed by atoms with Gasteiger partial charge in [-0.25, -0.2) is 0 Å². The topological polar surface area (TPSA) is 78.4 Å². The lowest BCUT2D eigenvalue weighted by molar-refractivity contribution is -0.385. The molecule has 0 aliphatic carbocycles. The van der Waals surface area contributed by atoms with Crippen molar-refractivity contribution in [3.8, 4) is 11.5 Å². The number of hydrogen-bond donors (Lipinski definition) is 1. The molecule has 0 radical (unpaired) electrons. The second kappa shape index (κ2) is 5.71. The van der Waals surface area contributed by atoms with Gasteiger partial charge in [-0.15, -0.1) is 0 Å². The quantitative estimate of drug-likeness (QED) is 0.679. The molecule has 0 spiro atoms. The SMILES string of the molecule is Cc1cc(Oc2ccccc2C(C)N)ccc1[N+](=O)[O-]. The van der Waals surface area contributed by atoms with Gasteiger partial charge in [-0.05, 0) is 32.0 Å². The van der Waals surface area contributed by atoms with E-state index in [0.29, 0.717) is 17.1 Å². The zero-order valence-corrected chi connectivity index (χ0v) is 11.4. The molecule has 0 saturated heterocycles. The molecular weight excluding hydrogens is 256 g/mol. The number of benzene rings is 2. The van der Waals surface area contributed by atoms with Crippen LogP contribution >= 0.6 is 0 Å². The molecule has 0 aliphatic rings. The van der Waals surface area contributed by atoms with E-state index < -0.39 is 4.92 Å². The largest absolute Gasteiger partial charge is 0.457 e. The smallest absolute Gasteiger partial charge is 0.272 e. The number of nitro benzene ring substituents is 1. The Morgan fingerprint density at radius 3 is 2.55 bits per heavy atom. The fraction of sp³-hybridized carbons (Fsp3) is 0.200. The lowest BCUT2D eigenvalue weighted by Gasteiger charge is -2.13. The van der Waals surface area contributed by atoms with E-state index >= 15 is 0 Å². The number of nitrogens with zero attached hydrogens (tertiary/aromatic N) is 1. The second-order valence-corrected chi connectivity index (χ2v) is 4.63.